The van der Waals surface area contributed by atoms with Gasteiger partial charge in [0.05, 0.1) is 41.3 Å². The normalized spacial score (nSPS) is 10.8. The van der Waals surface area contributed by atoms with Crippen LogP contribution in [-0.4, -0.2) is 33.0 Å². The maximum absolute atomic E-state index is 12.5. The van der Waals surface area contributed by atoms with Crippen LogP contribution in [0, 0.1) is 0 Å². The number of rotatable bonds is 6. The number of carbonyl (C=O) groups excluding carboxylic acids is 1. The summed E-state index contributed by atoms with van der Waals surface area (Å²) in [7, 11) is 1.61. The summed E-state index contributed by atoms with van der Waals surface area (Å²) in [6.45, 7) is 0.498. The zero-order chi connectivity index (χ0) is 21.1. The molecule has 0 aliphatic carbocycles. The maximum atomic E-state index is 12.5. The first-order valence-electron chi connectivity index (χ1n) is 8.99. The molecule has 0 saturated carbocycles. The van der Waals surface area contributed by atoms with Gasteiger partial charge >= 0.3 is 0 Å². The van der Waals surface area contributed by atoms with E-state index in [9.17, 15) is 4.79 Å². The van der Waals surface area contributed by atoms with Gasteiger partial charge in [0.15, 0.2) is 0 Å². The molecule has 2 aromatic carbocycles. The Hall–Kier alpha value is -3.29. The Labute approximate surface area is 182 Å². The van der Waals surface area contributed by atoms with Crippen LogP contribution in [0.2, 0.25) is 10.0 Å². The fraction of sp³-hybridized carbons (Fsp3) is 0.0952. The van der Waals surface area contributed by atoms with Gasteiger partial charge in [0.25, 0.3) is 5.91 Å². The molecule has 0 spiro atoms. The molecule has 0 fully saturated rings. The molecule has 0 radical (unpaired) electrons. The van der Waals surface area contributed by atoms with Gasteiger partial charge in [-0.05, 0) is 48.0 Å². The minimum atomic E-state index is -0.309. The van der Waals surface area contributed by atoms with Crippen LogP contribution in [-0.2, 0) is 6.54 Å². The van der Waals surface area contributed by atoms with E-state index in [1.54, 1.807) is 42.4 Å². The third-order valence-corrected chi connectivity index (χ3v) is 5.17. The number of hydrogen-bond acceptors (Lipinski definition) is 4. The van der Waals surface area contributed by atoms with E-state index in [1.165, 1.54) is 0 Å². The molecule has 0 bridgehead atoms. The summed E-state index contributed by atoms with van der Waals surface area (Å²) >= 11 is 12.0. The van der Waals surface area contributed by atoms with Gasteiger partial charge in [0, 0.05) is 11.8 Å². The second-order valence-corrected chi connectivity index (χ2v) is 7.34. The number of aromatic amines is 1. The number of hydrogen-bond donors (Lipinski definition) is 2. The number of H-pyrrole nitrogens is 1. The number of benzene rings is 2. The molecule has 7 nitrogen and oxygen atoms in total. The predicted molar refractivity (Wildman–Crippen MR) is 116 cm³/mol. The van der Waals surface area contributed by atoms with Crippen LogP contribution in [0.15, 0.2) is 60.9 Å². The SMILES string of the molecule is COc1ccc(-c2cc(C(=O)Nc3cnn(Cc4ccc(Cl)c(Cl)c4)c3)[nH]n2)cc1. The van der Waals surface area contributed by atoms with Gasteiger partial charge in [0.1, 0.15) is 11.4 Å². The van der Waals surface area contributed by atoms with Crippen molar-refractivity contribution in [2.75, 3.05) is 12.4 Å². The van der Waals surface area contributed by atoms with Crippen LogP contribution in [0.5, 0.6) is 5.75 Å². The molecule has 0 aliphatic rings. The van der Waals surface area contributed by atoms with E-state index in [2.05, 4.69) is 20.6 Å². The number of aromatic nitrogens is 4. The summed E-state index contributed by atoms with van der Waals surface area (Å²) in [6.07, 6.45) is 3.32. The highest BCUT2D eigenvalue weighted by molar-refractivity contribution is 6.42. The average Bonchev–Trinajstić information content (AvgIpc) is 3.41. The number of anilines is 1. The molecule has 1 amide bonds. The molecule has 0 atom stereocenters. The topological polar surface area (TPSA) is 84.8 Å². The van der Waals surface area contributed by atoms with Crippen LogP contribution < -0.4 is 10.1 Å². The van der Waals surface area contributed by atoms with Gasteiger partial charge in [-0.15, -0.1) is 0 Å². The fourth-order valence-electron chi connectivity index (χ4n) is 2.89. The van der Waals surface area contributed by atoms with E-state index in [0.29, 0.717) is 33.7 Å². The standard InChI is InChI=1S/C21H17Cl2N5O2/c1-30-16-5-3-14(4-6-16)19-9-20(27-26-19)21(29)25-15-10-24-28(12-15)11-13-2-7-17(22)18(23)8-13/h2-10,12H,11H2,1H3,(H,25,29)(H,26,27). The molecular formula is C21H17Cl2N5O2. The number of nitrogens with one attached hydrogen (secondary N) is 2. The molecule has 2 aromatic heterocycles. The monoisotopic (exact) mass is 441 g/mol. The molecule has 4 aromatic rings. The van der Waals surface area contributed by atoms with Gasteiger partial charge in [-0.25, -0.2) is 0 Å². The summed E-state index contributed by atoms with van der Waals surface area (Å²) in [6, 6.07) is 14.5. The van der Waals surface area contributed by atoms with E-state index in [0.717, 1.165) is 16.9 Å². The Bertz CT molecular complexity index is 1180. The zero-order valence-electron chi connectivity index (χ0n) is 15.9. The van der Waals surface area contributed by atoms with Crippen molar-refractivity contribution in [2.24, 2.45) is 0 Å². The van der Waals surface area contributed by atoms with Crippen LogP contribution in [0.3, 0.4) is 0 Å². The molecule has 152 valence electrons. The number of methoxy groups -OCH3 is 1. The van der Waals surface area contributed by atoms with Crippen molar-refractivity contribution in [2.45, 2.75) is 6.54 Å². The summed E-state index contributed by atoms with van der Waals surface area (Å²) in [5, 5.41) is 15.0. The maximum Gasteiger partial charge on any atom is 0.273 e. The van der Waals surface area contributed by atoms with Gasteiger partial charge < -0.3 is 10.1 Å². The van der Waals surface area contributed by atoms with Crippen LogP contribution >= 0.6 is 23.2 Å². The fourth-order valence-corrected chi connectivity index (χ4v) is 3.21. The molecule has 0 saturated heterocycles. The van der Waals surface area contributed by atoms with E-state index in [-0.39, 0.29) is 5.91 Å². The number of ether oxygens (including phenoxy) is 1. The highest BCUT2D eigenvalue weighted by atomic mass is 35.5. The van der Waals surface area contributed by atoms with Crippen molar-refractivity contribution in [3.8, 4) is 17.0 Å². The Morgan fingerprint density at radius 3 is 2.67 bits per heavy atom. The lowest BCUT2D eigenvalue weighted by Crippen LogP contribution is -2.11. The number of amides is 1. The highest BCUT2D eigenvalue weighted by Crippen LogP contribution is 2.23. The minimum Gasteiger partial charge on any atom is -0.497 e. The van der Waals surface area contributed by atoms with Crippen molar-refractivity contribution in [1.82, 2.24) is 20.0 Å². The molecule has 4 rings (SSSR count). The summed E-state index contributed by atoms with van der Waals surface area (Å²) < 4.78 is 6.85. The van der Waals surface area contributed by atoms with Crippen LogP contribution in [0.4, 0.5) is 5.69 Å². The molecule has 2 N–H and O–H groups in total. The van der Waals surface area contributed by atoms with Crippen molar-refractivity contribution in [3.05, 3.63) is 82.2 Å². The molecule has 0 unspecified atom stereocenters. The first-order chi connectivity index (χ1) is 14.5. The minimum absolute atomic E-state index is 0.309. The third-order valence-electron chi connectivity index (χ3n) is 4.43. The number of halogens is 2. The predicted octanol–water partition coefficient (Wildman–Crippen LogP) is 4.89. The quantitative estimate of drug-likeness (QED) is 0.445. The molecular weight excluding hydrogens is 425 g/mol. The highest BCUT2D eigenvalue weighted by Gasteiger charge is 2.13. The van der Waals surface area contributed by atoms with Crippen LogP contribution in [0.25, 0.3) is 11.3 Å². The average molecular weight is 442 g/mol. The lowest BCUT2D eigenvalue weighted by atomic mass is 10.1. The first kappa shape index (κ1) is 20.0. The van der Waals surface area contributed by atoms with E-state index in [1.807, 2.05) is 30.3 Å². The first-order valence-corrected chi connectivity index (χ1v) is 9.75. The number of nitrogens with zero attached hydrogens (tertiary/aromatic N) is 3. The second-order valence-electron chi connectivity index (χ2n) is 6.52. The molecule has 30 heavy (non-hydrogen) atoms. The smallest absolute Gasteiger partial charge is 0.273 e. The Morgan fingerprint density at radius 2 is 1.93 bits per heavy atom. The van der Waals surface area contributed by atoms with Crippen molar-refractivity contribution in [3.63, 3.8) is 0 Å². The lowest BCUT2D eigenvalue weighted by molar-refractivity contribution is 0.102. The molecule has 9 heteroatoms. The molecule has 2 heterocycles. The van der Waals surface area contributed by atoms with Gasteiger partial charge in [-0.3, -0.25) is 14.6 Å². The summed E-state index contributed by atoms with van der Waals surface area (Å²) in [4.78, 5) is 12.5. The Morgan fingerprint density at radius 1 is 1.13 bits per heavy atom. The summed E-state index contributed by atoms with van der Waals surface area (Å²) in [5.74, 6) is 0.446. The van der Waals surface area contributed by atoms with Crippen molar-refractivity contribution in [1.29, 1.82) is 0 Å². The Kier molecular flexibility index (Phi) is 5.74. The van der Waals surface area contributed by atoms with Crippen molar-refractivity contribution >= 4 is 34.8 Å². The Balaban J connectivity index is 1.42. The molecule has 0 aliphatic heterocycles. The van der Waals surface area contributed by atoms with Gasteiger partial charge in [-0.1, -0.05) is 29.3 Å². The van der Waals surface area contributed by atoms with Gasteiger partial charge in [0.2, 0.25) is 0 Å². The summed E-state index contributed by atoms with van der Waals surface area (Å²) in [5.41, 5.74) is 3.40. The van der Waals surface area contributed by atoms with Crippen LogP contribution in [0.1, 0.15) is 16.1 Å². The van der Waals surface area contributed by atoms with E-state index < -0.39 is 0 Å². The van der Waals surface area contributed by atoms with E-state index >= 15 is 0 Å². The zero-order valence-corrected chi connectivity index (χ0v) is 17.4. The third kappa shape index (κ3) is 4.48. The number of carbonyl (C=O) groups is 1. The second kappa shape index (κ2) is 8.61. The lowest BCUT2D eigenvalue weighted by Gasteiger charge is -2.03. The van der Waals surface area contributed by atoms with Gasteiger partial charge in [-0.2, -0.15) is 10.2 Å². The van der Waals surface area contributed by atoms with E-state index in [4.69, 9.17) is 27.9 Å². The van der Waals surface area contributed by atoms with Crippen molar-refractivity contribution < 1.29 is 9.53 Å². The largest absolute Gasteiger partial charge is 0.497 e.